The average molecular weight is 355 g/mol. The van der Waals surface area contributed by atoms with Crippen LogP contribution in [0.1, 0.15) is 11.1 Å². The lowest BCUT2D eigenvalue weighted by atomic mass is 10.1. The molecule has 25 heavy (non-hydrogen) atoms. The zero-order valence-corrected chi connectivity index (χ0v) is 14.1. The number of aryl methyl sites for hydroxylation is 1. The third-order valence-corrected chi connectivity index (χ3v) is 4.03. The van der Waals surface area contributed by atoms with E-state index >= 15 is 0 Å². The number of fused-ring (bicyclic) bond motifs is 1. The molecule has 1 heterocycles. The van der Waals surface area contributed by atoms with E-state index in [0.29, 0.717) is 21.8 Å². The minimum atomic E-state index is -1.11. The first kappa shape index (κ1) is 16.8. The molecule has 3 rings (SSSR count). The smallest absolute Gasteiger partial charge is 0.328 e. The summed E-state index contributed by atoms with van der Waals surface area (Å²) in [5.74, 6) is -1.11. The summed E-state index contributed by atoms with van der Waals surface area (Å²) in [5.41, 5.74) is 6.01. The molecule has 0 atom stereocenters. The van der Waals surface area contributed by atoms with Crippen molar-refractivity contribution in [1.29, 1.82) is 0 Å². The molecule has 0 amide bonds. The van der Waals surface area contributed by atoms with Crippen LogP contribution in [0, 0.1) is 6.92 Å². The molecule has 0 aromatic heterocycles. The standard InChI is InChI=1S/C19H15ClN2O3/c1-12-11-13(20)7-9-16(12)21-22-17-6-4-2-3-5-14(17)15(19(22)25)8-10-18(23)24/h2-11,21H,1H3,(H,23,24). The lowest BCUT2D eigenvalue weighted by molar-refractivity contribution is -0.131. The predicted octanol–water partition coefficient (Wildman–Crippen LogP) is 3.89. The number of carboxylic acid groups (broad SMARTS) is 1. The Morgan fingerprint density at radius 3 is 2.68 bits per heavy atom. The number of nitrogens with one attached hydrogen (secondary N) is 1. The maximum absolute atomic E-state index is 12.8. The van der Waals surface area contributed by atoms with Gasteiger partial charge in [0.25, 0.3) is 5.56 Å². The summed E-state index contributed by atoms with van der Waals surface area (Å²) in [5, 5.41) is 9.48. The van der Waals surface area contributed by atoms with Gasteiger partial charge < -0.3 is 5.11 Å². The first-order chi connectivity index (χ1) is 12.0. The molecule has 0 bridgehead atoms. The Labute approximate surface area is 149 Å². The fraction of sp³-hybridized carbons (Fsp3) is 0.0526. The molecule has 1 aliphatic carbocycles. The summed E-state index contributed by atoms with van der Waals surface area (Å²) in [6, 6.07) is 14.4. The predicted molar refractivity (Wildman–Crippen MR) is 99.2 cm³/mol. The van der Waals surface area contributed by atoms with Crippen LogP contribution in [0.4, 0.5) is 5.69 Å². The Morgan fingerprint density at radius 2 is 1.96 bits per heavy atom. The molecule has 1 aromatic rings. The molecule has 0 unspecified atom stereocenters. The van der Waals surface area contributed by atoms with Crippen molar-refractivity contribution in [3.63, 3.8) is 0 Å². The Balaban J connectivity index is 2.17. The highest BCUT2D eigenvalue weighted by molar-refractivity contribution is 6.30. The van der Waals surface area contributed by atoms with Gasteiger partial charge in [-0.2, -0.15) is 0 Å². The molecule has 0 radical (unpaired) electrons. The van der Waals surface area contributed by atoms with Gasteiger partial charge in [0.05, 0.1) is 16.9 Å². The SMILES string of the molecule is Cc1cc(Cl)ccc1Nn1c2cccccc-2c(C=CC(=O)O)c1=O. The largest absolute Gasteiger partial charge is 0.478 e. The number of hydrogen-bond acceptors (Lipinski definition) is 3. The van der Waals surface area contributed by atoms with Gasteiger partial charge in [0, 0.05) is 16.7 Å². The van der Waals surface area contributed by atoms with Crippen LogP contribution in [-0.4, -0.2) is 15.8 Å². The van der Waals surface area contributed by atoms with E-state index in [1.165, 1.54) is 10.8 Å². The molecule has 126 valence electrons. The lowest BCUT2D eigenvalue weighted by Crippen LogP contribution is -2.23. The van der Waals surface area contributed by atoms with Crippen LogP contribution < -0.4 is 11.0 Å². The summed E-state index contributed by atoms with van der Waals surface area (Å²) in [6.07, 6.45) is 2.28. The van der Waals surface area contributed by atoms with Crippen molar-refractivity contribution in [1.82, 2.24) is 4.68 Å². The van der Waals surface area contributed by atoms with E-state index < -0.39 is 5.97 Å². The number of rotatable bonds is 4. The molecule has 0 fully saturated rings. The van der Waals surface area contributed by atoms with Crippen molar-refractivity contribution in [2.45, 2.75) is 6.92 Å². The van der Waals surface area contributed by atoms with Gasteiger partial charge >= 0.3 is 5.97 Å². The van der Waals surface area contributed by atoms with Crippen molar-refractivity contribution < 1.29 is 9.90 Å². The fourth-order valence-electron chi connectivity index (χ4n) is 2.61. The lowest BCUT2D eigenvalue weighted by Gasteiger charge is -2.12. The summed E-state index contributed by atoms with van der Waals surface area (Å²) in [4.78, 5) is 23.6. The van der Waals surface area contributed by atoms with E-state index in [1.54, 1.807) is 36.4 Å². The molecular formula is C19H15ClN2O3. The minimum Gasteiger partial charge on any atom is -0.478 e. The van der Waals surface area contributed by atoms with Crippen LogP contribution in [-0.2, 0) is 4.79 Å². The highest BCUT2D eigenvalue weighted by Gasteiger charge is 2.18. The summed E-state index contributed by atoms with van der Waals surface area (Å²) < 4.78 is 1.41. The number of anilines is 1. The minimum absolute atomic E-state index is 0.313. The average Bonchev–Trinajstić information content (AvgIpc) is 2.70. The van der Waals surface area contributed by atoms with Crippen LogP contribution in [0.25, 0.3) is 17.3 Å². The second-order valence-electron chi connectivity index (χ2n) is 5.51. The molecule has 0 saturated heterocycles. The maximum atomic E-state index is 12.8. The molecule has 2 aliphatic rings. The second-order valence-corrected chi connectivity index (χ2v) is 5.94. The molecule has 1 aliphatic heterocycles. The topological polar surface area (TPSA) is 71.3 Å². The number of aromatic nitrogens is 1. The Bertz CT molecular complexity index is 1010. The third-order valence-electron chi connectivity index (χ3n) is 3.79. The number of hydrogen-bond donors (Lipinski definition) is 2. The van der Waals surface area contributed by atoms with E-state index in [4.69, 9.17) is 16.7 Å². The summed E-state index contributed by atoms with van der Waals surface area (Å²) >= 11 is 5.98. The normalized spacial score (nSPS) is 11.1. The van der Waals surface area contributed by atoms with Gasteiger partial charge in [-0.15, -0.1) is 0 Å². The van der Waals surface area contributed by atoms with E-state index in [1.807, 2.05) is 19.1 Å². The number of aliphatic carboxylic acids is 1. The Kier molecular flexibility index (Phi) is 4.59. The van der Waals surface area contributed by atoms with Gasteiger partial charge in [-0.25, -0.2) is 9.47 Å². The number of nitrogens with zero attached hydrogens (tertiary/aromatic N) is 1. The van der Waals surface area contributed by atoms with Crippen molar-refractivity contribution >= 4 is 29.3 Å². The van der Waals surface area contributed by atoms with Gasteiger partial charge in [-0.3, -0.25) is 10.2 Å². The zero-order chi connectivity index (χ0) is 18.0. The van der Waals surface area contributed by atoms with E-state index in [9.17, 15) is 9.59 Å². The molecule has 0 saturated carbocycles. The summed E-state index contributed by atoms with van der Waals surface area (Å²) in [6.45, 7) is 1.88. The van der Waals surface area contributed by atoms with Crippen LogP contribution in [0.5, 0.6) is 0 Å². The summed E-state index contributed by atoms with van der Waals surface area (Å²) in [7, 11) is 0. The molecule has 2 N–H and O–H groups in total. The van der Waals surface area contributed by atoms with E-state index in [-0.39, 0.29) is 5.56 Å². The quantitative estimate of drug-likeness (QED) is 0.697. The Hall–Kier alpha value is -3.05. The van der Waals surface area contributed by atoms with Crippen LogP contribution in [0.15, 0.2) is 59.4 Å². The van der Waals surface area contributed by atoms with Crippen molar-refractivity contribution in [2.24, 2.45) is 0 Å². The van der Waals surface area contributed by atoms with Gasteiger partial charge in [0.1, 0.15) is 0 Å². The van der Waals surface area contributed by atoms with Crippen molar-refractivity contribution in [2.75, 3.05) is 5.43 Å². The van der Waals surface area contributed by atoms with Crippen LogP contribution in [0.3, 0.4) is 0 Å². The third kappa shape index (κ3) is 3.41. The zero-order valence-electron chi connectivity index (χ0n) is 13.4. The number of carbonyl (C=O) groups is 1. The van der Waals surface area contributed by atoms with Gasteiger partial charge in [0.2, 0.25) is 0 Å². The fourth-order valence-corrected chi connectivity index (χ4v) is 2.83. The van der Waals surface area contributed by atoms with Crippen LogP contribution >= 0.6 is 11.6 Å². The Morgan fingerprint density at radius 1 is 1.20 bits per heavy atom. The first-order valence-corrected chi connectivity index (χ1v) is 7.93. The second kappa shape index (κ2) is 6.83. The van der Waals surface area contributed by atoms with Crippen LogP contribution in [0.2, 0.25) is 5.02 Å². The van der Waals surface area contributed by atoms with Crippen molar-refractivity contribution in [3.8, 4) is 11.3 Å². The molecule has 5 nitrogen and oxygen atoms in total. The number of carboxylic acids is 1. The van der Waals surface area contributed by atoms with E-state index in [0.717, 1.165) is 17.3 Å². The maximum Gasteiger partial charge on any atom is 0.328 e. The molecule has 0 spiro atoms. The molecular weight excluding hydrogens is 340 g/mol. The molecule has 1 aromatic carbocycles. The van der Waals surface area contributed by atoms with Gasteiger partial charge in [-0.05, 0) is 42.8 Å². The first-order valence-electron chi connectivity index (χ1n) is 7.55. The van der Waals surface area contributed by atoms with Gasteiger partial charge in [-0.1, -0.05) is 35.9 Å². The highest BCUT2D eigenvalue weighted by Crippen LogP contribution is 2.26. The monoisotopic (exact) mass is 354 g/mol. The number of benzene rings is 1. The van der Waals surface area contributed by atoms with Crippen molar-refractivity contribution in [3.05, 3.63) is 81.1 Å². The van der Waals surface area contributed by atoms with E-state index in [2.05, 4.69) is 5.43 Å². The highest BCUT2D eigenvalue weighted by atomic mass is 35.5. The number of halogens is 1. The van der Waals surface area contributed by atoms with Gasteiger partial charge in [0.15, 0.2) is 0 Å². The molecule has 6 heteroatoms.